The van der Waals surface area contributed by atoms with Gasteiger partial charge in [0.2, 0.25) is 5.91 Å². The van der Waals surface area contributed by atoms with Gasteiger partial charge in [0.15, 0.2) is 0 Å². The van der Waals surface area contributed by atoms with Gasteiger partial charge in [-0.15, -0.1) is 12.4 Å². The van der Waals surface area contributed by atoms with Crippen molar-refractivity contribution in [2.24, 2.45) is 17.8 Å². The number of aryl methyl sites for hydroxylation is 1. The highest BCUT2D eigenvalue weighted by molar-refractivity contribution is 5.85. The van der Waals surface area contributed by atoms with Crippen LogP contribution in [0.5, 0.6) is 0 Å². The summed E-state index contributed by atoms with van der Waals surface area (Å²) in [5, 5.41) is 3.46. The lowest BCUT2D eigenvalue weighted by molar-refractivity contribution is -0.132. The summed E-state index contributed by atoms with van der Waals surface area (Å²) in [5.74, 6) is 2.13. The number of nitrogens with one attached hydrogen (secondary N) is 1. The van der Waals surface area contributed by atoms with E-state index in [2.05, 4.69) is 34.5 Å². The largest absolute Gasteiger partial charge is 0.342 e. The van der Waals surface area contributed by atoms with Crippen LogP contribution in [0.1, 0.15) is 30.4 Å². The number of amides is 1. The molecule has 2 aliphatic carbocycles. The molecule has 1 amide bonds. The van der Waals surface area contributed by atoms with E-state index in [1.165, 1.54) is 30.4 Å². The van der Waals surface area contributed by atoms with Crippen LogP contribution in [0.2, 0.25) is 0 Å². The summed E-state index contributed by atoms with van der Waals surface area (Å²) in [5.41, 5.74) is 3.18. The Labute approximate surface area is 144 Å². The molecule has 2 heterocycles. The van der Waals surface area contributed by atoms with E-state index in [9.17, 15) is 4.79 Å². The van der Waals surface area contributed by atoms with Crippen molar-refractivity contribution in [3.8, 4) is 0 Å². The molecule has 4 heteroatoms. The normalized spacial score (nSPS) is 37.2. The Kier molecular flexibility index (Phi) is 3.69. The molecule has 5 rings (SSSR count). The lowest BCUT2D eigenvalue weighted by atomic mass is 9.78. The molecule has 124 valence electrons. The van der Waals surface area contributed by atoms with E-state index in [0.717, 1.165) is 32.6 Å². The molecule has 2 aliphatic heterocycles. The second-order valence-electron chi connectivity index (χ2n) is 7.85. The highest BCUT2D eigenvalue weighted by Crippen LogP contribution is 2.61. The van der Waals surface area contributed by atoms with E-state index in [1.54, 1.807) is 0 Å². The van der Waals surface area contributed by atoms with Gasteiger partial charge in [-0.3, -0.25) is 4.79 Å². The summed E-state index contributed by atoms with van der Waals surface area (Å²) >= 11 is 0. The summed E-state index contributed by atoms with van der Waals surface area (Å²) in [7, 11) is 0. The van der Waals surface area contributed by atoms with Crippen LogP contribution in [0, 0.1) is 17.8 Å². The summed E-state index contributed by atoms with van der Waals surface area (Å²) in [4.78, 5) is 15.2. The van der Waals surface area contributed by atoms with Gasteiger partial charge >= 0.3 is 0 Å². The topological polar surface area (TPSA) is 32.3 Å². The van der Waals surface area contributed by atoms with Crippen LogP contribution in [-0.2, 0) is 16.6 Å². The molecule has 4 aliphatic rings. The number of carbonyl (C=O) groups is 1. The Hall–Kier alpha value is -1.06. The number of benzene rings is 1. The number of fused-ring (bicyclic) bond motifs is 3. The zero-order valence-corrected chi connectivity index (χ0v) is 14.3. The molecule has 3 nitrogen and oxygen atoms in total. The van der Waals surface area contributed by atoms with Crippen LogP contribution >= 0.6 is 12.4 Å². The zero-order chi connectivity index (χ0) is 14.7. The van der Waals surface area contributed by atoms with Gasteiger partial charge in [0.25, 0.3) is 0 Å². The zero-order valence-electron chi connectivity index (χ0n) is 13.5. The number of hydrogen-bond acceptors (Lipinski definition) is 2. The average Bonchev–Trinajstić information content (AvgIpc) is 2.89. The fourth-order valence-corrected chi connectivity index (χ4v) is 5.41. The maximum Gasteiger partial charge on any atom is 0.226 e. The average molecular weight is 333 g/mol. The van der Waals surface area contributed by atoms with Gasteiger partial charge < -0.3 is 10.2 Å². The van der Waals surface area contributed by atoms with Crippen molar-refractivity contribution in [1.82, 2.24) is 10.2 Å². The van der Waals surface area contributed by atoms with Gasteiger partial charge in [-0.1, -0.05) is 24.3 Å². The van der Waals surface area contributed by atoms with Gasteiger partial charge in [-0.25, -0.2) is 0 Å². The Morgan fingerprint density at radius 2 is 1.91 bits per heavy atom. The highest BCUT2D eigenvalue weighted by Gasteiger charge is 2.61. The maximum absolute atomic E-state index is 13.0. The first-order chi connectivity index (χ1) is 10.8. The first kappa shape index (κ1) is 15.5. The third kappa shape index (κ3) is 2.24. The Bertz CT molecular complexity index is 622. The van der Waals surface area contributed by atoms with Gasteiger partial charge in [0.1, 0.15) is 0 Å². The molecule has 1 saturated carbocycles. The molecule has 2 unspecified atom stereocenters. The Morgan fingerprint density at radius 1 is 1.17 bits per heavy atom. The van der Waals surface area contributed by atoms with Gasteiger partial charge in [-0.05, 0) is 48.6 Å². The quantitative estimate of drug-likeness (QED) is 0.856. The fourth-order valence-electron chi connectivity index (χ4n) is 5.41. The molecular weight excluding hydrogens is 308 g/mol. The molecule has 0 bridgehead atoms. The molecule has 1 aromatic carbocycles. The maximum atomic E-state index is 13.0. The van der Waals surface area contributed by atoms with Crippen molar-refractivity contribution in [1.29, 1.82) is 0 Å². The van der Waals surface area contributed by atoms with Crippen LogP contribution in [0.15, 0.2) is 24.3 Å². The lowest BCUT2D eigenvalue weighted by Gasteiger charge is -2.27. The van der Waals surface area contributed by atoms with Crippen LogP contribution in [0.25, 0.3) is 0 Å². The SMILES string of the molecule is Cl.O=C(C1CC12CCCc1ccccc12)N1C[C@H]2CNC[C@H]2C1. The van der Waals surface area contributed by atoms with E-state index in [-0.39, 0.29) is 23.7 Å². The molecule has 23 heavy (non-hydrogen) atoms. The Balaban J connectivity index is 0.00000135. The fraction of sp³-hybridized carbons (Fsp3) is 0.632. The lowest BCUT2D eigenvalue weighted by Crippen LogP contribution is -2.35. The van der Waals surface area contributed by atoms with Crippen molar-refractivity contribution in [2.45, 2.75) is 31.1 Å². The van der Waals surface area contributed by atoms with Crippen LogP contribution < -0.4 is 5.32 Å². The molecule has 4 atom stereocenters. The van der Waals surface area contributed by atoms with Gasteiger partial charge in [-0.2, -0.15) is 0 Å². The summed E-state index contributed by atoms with van der Waals surface area (Å²) in [6.45, 7) is 4.19. The van der Waals surface area contributed by atoms with Crippen LogP contribution in [0.4, 0.5) is 0 Å². The molecule has 1 aromatic rings. The number of rotatable bonds is 1. The van der Waals surface area contributed by atoms with Crippen molar-refractivity contribution >= 4 is 18.3 Å². The van der Waals surface area contributed by atoms with Gasteiger partial charge in [0, 0.05) is 37.5 Å². The van der Waals surface area contributed by atoms with Gasteiger partial charge in [0.05, 0.1) is 0 Å². The van der Waals surface area contributed by atoms with E-state index >= 15 is 0 Å². The molecule has 3 fully saturated rings. The van der Waals surface area contributed by atoms with E-state index in [4.69, 9.17) is 0 Å². The first-order valence-corrected chi connectivity index (χ1v) is 8.86. The number of hydrogen-bond donors (Lipinski definition) is 1. The molecule has 2 saturated heterocycles. The van der Waals surface area contributed by atoms with Crippen LogP contribution in [-0.4, -0.2) is 37.0 Å². The number of nitrogens with zero attached hydrogens (tertiary/aromatic N) is 1. The van der Waals surface area contributed by atoms with Crippen LogP contribution in [0.3, 0.4) is 0 Å². The molecule has 0 aromatic heterocycles. The van der Waals surface area contributed by atoms with E-state index < -0.39 is 0 Å². The molecule has 1 N–H and O–H groups in total. The van der Waals surface area contributed by atoms with Crippen molar-refractivity contribution < 1.29 is 4.79 Å². The minimum Gasteiger partial charge on any atom is -0.342 e. The molecule has 1 spiro atoms. The monoisotopic (exact) mass is 332 g/mol. The smallest absolute Gasteiger partial charge is 0.226 e. The van der Waals surface area contributed by atoms with E-state index in [0.29, 0.717) is 17.7 Å². The summed E-state index contributed by atoms with van der Waals surface area (Å²) < 4.78 is 0. The second-order valence-corrected chi connectivity index (χ2v) is 7.85. The number of halogens is 1. The van der Waals surface area contributed by atoms with Crippen molar-refractivity contribution in [2.75, 3.05) is 26.2 Å². The van der Waals surface area contributed by atoms with Crippen molar-refractivity contribution in [3.05, 3.63) is 35.4 Å². The summed E-state index contributed by atoms with van der Waals surface area (Å²) in [6, 6.07) is 8.84. The minimum atomic E-state index is 0. The predicted molar refractivity (Wildman–Crippen MR) is 92.8 cm³/mol. The third-order valence-corrected chi connectivity index (χ3v) is 6.70. The minimum absolute atomic E-state index is 0. The standard InChI is InChI=1S/C19H24N2O.ClH/c22-18(21-11-14-9-20-10-15(14)12-21)17-8-19(17)7-3-5-13-4-1-2-6-16(13)19;/h1-2,4,6,14-15,17,20H,3,5,7-12H2;1H/t14-,15+,17?,19?;. The predicted octanol–water partition coefficient (Wildman–Crippen LogP) is 2.38. The third-order valence-electron chi connectivity index (χ3n) is 6.70. The first-order valence-electron chi connectivity index (χ1n) is 8.86. The molecular formula is C19H25ClN2O. The number of carbonyl (C=O) groups excluding carboxylic acids is 1. The molecule has 0 radical (unpaired) electrons. The highest BCUT2D eigenvalue weighted by atomic mass is 35.5. The van der Waals surface area contributed by atoms with E-state index in [1.807, 2.05) is 0 Å². The van der Waals surface area contributed by atoms with Crippen molar-refractivity contribution in [3.63, 3.8) is 0 Å². The second kappa shape index (κ2) is 5.49. The summed E-state index contributed by atoms with van der Waals surface area (Å²) in [6.07, 6.45) is 4.74. The number of likely N-dealkylation sites (tertiary alicyclic amines) is 1. The Morgan fingerprint density at radius 3 is 2.70 bits per heavy atom.